The SMILES string of the molecule is Cc1ccc(S(=O)(=O)N(CCCOS(C)(=O)=O)[C@@H]2CCCC[C@H]2N(CCCN([C@@H]2CCCC[C@H]2N(CCCN([C@@H]2CCCC[C@H]2N(CCCOS(C)(=O)=O)S(=O)(=O)c2ccc(C)cc2)S(=O)(=O)c2ccc(C)cc2)S(=O)(=O)c2ccc(C)cc2)S(=O)(=O)c2ccc(C)cc2)S(=O)(=O)c2ccc(C)cc2)cc1. The summed E-state index contributed by atoms with van der Waals surface area (Å²) in [6, 6.07) is 30.7. The first-order valence-corrected chi connectivity index (χ1v) is 48.3. The van der Waals surface area contributed by atoms with E-state index in [-0.39, 0.29) is 146 Å². The van der Waals surface area contributed by atoms with Crippen molar-refractivity contribution in [1.29, 1.82) is 0 Å². The molecule has 0 aromatic heterocycles. The van der Waals surface area contributed by atoms with E-state index in [9.17, 15) is 16.8 Å². The molecule has 0 amide bonds. The first-order chi connectivity index (χ1) is 49.8. The van der Waals surface area contributed by atoms with Gasteiger partial charge in [-0.2, -0.15) is 42.7 Å². The third-order valence-corrected chi connectivity index (χ3v) is 33.0. The molecule has 106 heavy (non-hydrogen) atoms. The lowest BCUT2D eigenvalue weighted by atomic mass is 9.89. The molecule has 584 valence electrons. The van der Waals surface area contributed by atoms with Crippen LogP contribution in [0, 0.1) is 41.5 Å². The predicted molar refractivity (Wildman–Crippen MR) is 409 cm³/mol. The molecule has 0 unspecified atom stereocenters. The fraction of sp³-hybridized carbons (Fsp3) is 0.514. The minimum atomic E-state index is -4.66. The second kappa shape index (κ2) is 35.7. The van der Waals surface area contributed by atoms with Gasteiger partial charge in [0.05, 0.1) is 55.1 Å². The molecule has 9 rings (SSSR count). The summed E-state index contributed by atoms with van der Waals surface area (Å²) in [6.45, 7) is 8.05. The number of hydrogen-bond donors (Lipinski definition) is 0. The average Bonchev–Trinajstić information content (AvgIpc) is 0.758. The van der Waals surface area contributed by atoms with Crippen LogP contribution in [0.4, 0.5) is 0 Å². The summed E-state index contributed by atoms with van der Waals surface area (Å²) in [5, 5.41) is 0. The molecular formula is C74H102N6O18S8. The first kappa shape index (κ1) is 84.6. The van der Waals surface area contributed by atoms with E-state index in [0.717, 1.165) is 45.9 Å². The maximum Gasteiger partial charge on any atom is 0.264 e. The maximum atomic E-state index is 16.0. The third kappa shape index (κ3) is 21.0. The second-order valence-corrected chi connectivity index (χ2v) is 42.9. The predicted octanol–water partition coefficient (Wildman–Crippen LogP) is 10.4. The molecule has 6 aromatic carbocycles. The number of rotatable bonds is 36. The van der Waals surface area contributed by atoms with Gasteiger partial charge < -0.3 is 0 Å². The number of nitrogens with zero attached hydrogens (tertiary/aromatic N) is 6. The molecular weight excluding hydrogens is 1520 g/mol. The van der Waals surface area contributed by atoms with Gasteiger partial charge in [0.2, 0.25) is 60.1 Å². The van der Waals surface area contributed by atoms with Crippen LogP contribution in [-0.4, -0.2) is 194 Å². The summed E-state index contributed by atoms with van der Waals surface area (Å²) in [4.78, 5) is -0.580. The van der Waals surface area contributed by atoms with Crippen LogP contribution in [0.25, 0.3) is 0 Å². The Hall–Kier alpha value is -5.40. The van der Waals surface area contributed by atoms with Crippen LogP contribution in [-0.2, 0) is 88.7 Å². The smallest absolute Gasteiger partial charge is 0.264 e. The minimum Gasteiger partial charge on any atom is -0.270 e. The number of benzene rings is 6. The van der Waals surface area contributed by atoms with Crippen molar-refractivity contribution in [3.8, 4) is 0 Å². The monoisotopic (exact) mass is 1620 g/mol. The average molecular weight is 1620 g/mol. The van der Waals surface area contributed by atoms with Gasteiger partial charge in [-0.15, -0.1) is 0 Å². The second-order valence-electron chi connectivity index (χ2n) is 28.3. The van der Waals surface area contributed by atoms with E-state index in [1.165, 1.54) is 98.6 Å². The Morgan fingerprint density at radius 2 is 0.387 bits per heavy atom. The van der Waals surface area contributed by atoms with Crippen molar-refractivity contribution < 1.29 is 75.7 Å². The molecule has 6 atom stereocenters. The topological polar surface area (TPSA) is 311 Å². The van der Waals surface area contributed by atoms with Crippen molar-refractivity contribution in [3.05, 3.63) is 179 Å². The molecule has 24 nitrogen and oxygen atoms in total. The molecule has 0 heterocycles. The van der Waals surface area contributed by atoms with Crippen LogP contribution >= 0.6 is 0 Å². The minimum absolute atomic E-state index is 0.0680. The van der Waals surface area contributed by atoms with Crippen molar-refractivity contribution in [2.75, 3.05) is 65.0 Å². The highest BCUT2D eigenvalue weighted by Crippen LogP contribution is 2.40. The fourth-order valence-corrected chi connectivity index (χ4v) is 26.0. The molecule has 3 aliphatic rings. The van der Waals surface area contributed by atoms with Gasteiger partial charge in [-0.25, -0.2) is 50.5 Å². The van der Waals surface area contributed by atoms with Crippen LogP contribution < -0.4 is 0 Å². The van der Waals surface area contributed by atoms with E-state index >= 15 is 50.5 Å². The lowest BCUT2D eigenvalue weighted by Crippen LogP contribution is -2.58. The Bertz CT molecular complexity index is 4600. The number of sulfonamides is 6. The summed E-state index contributed by atoms with van der Waals surface area (Å²) in [5.74, 6) is 0. The summed E-state index contributed by atoms with van der Waals surface area (Å²) >= 11 is 0. The van der Waals surface area contributed by atoms with Gasteiger partial charge in [0.15, 0.2) is 0 Å². The molecule has 0 spiro atoms. The van der Waals surface area contributed by atoms with E-state index in [0.29, 0.717) is 38.5 Å². The molecule has 3 aliphatic carbocycles. The van der Waals surface area contributed by atoms with Gasteiger partial charge in [0.1, 0.15) is 0 Å². The number of hydrogen-bond acceptors (Lipinski definition) is 18. The zero-order valence-corrected chi connectivity index (χ0v) is 68.1. The summed E-state index contributed by atoms with van der Waals surface area (Å²) in [6.07, 6.45) is 5.02. The van der Waals surface area contributed by atoms with Crippen molar-refractivity contribution >= 4 is 80.4 Å². The molecule has 0 saturated heterocycles. The Balaban J connectivity index is 1.13. The van der Waals surface area contributed by atoms with E-state index in [1.54, 1.807) is 114 Å². The molecule has 0 N–H and O–H groups in total. The van der Waals surface area contributed by atoms with Crippen LogP contribution in [0.15, 0.2) is 175 Å². The Morgan fingerprint density at radius 3 is 0.528 bits per heavy atom. The molecule has 3 saturated carbocycles. The largest absolute Gasteiger partial charge is 0.270 e. The van der Waals surface area contributed by atoms with E-state index in [2.05, 4.69) is 0 Å². The summed E-state index contributed by atoms with van der Waals surface area (Å²) in [7, 11) is -35.3. The van der Waals surface area contributed by atoms with Gasteiger partial charge in [0, 0.05) is 75.5 Å². The van der Waals surface area contributed by atoms with Crippen molar-refractivity contribution in [2.24, 2.45) is 0 Å². The van der Waals surface area contributed by atoms with E-state index < -0.39 is 117 Å². The first-order valence-electron chi connectivity index (χ1n) is 36.0. The van der Waals surface area contributed by atoms with Crippen molar-refractivity contribution in [1.82, 2.24) is 25.8 Å². The van der Waals surface area contributed by atoms with Crippen LogP contribution in [0.2, 0.25) is 0 Å². The molecule has 32 heteroatoms. The Labute approximate surface area is 631 Å². The van der Waals surface area contributed by atoms with Crippen LogP contribution in [0.1, 0.15) is 136 Å². The van der Waals surface area contributed by atoms with E-state index in [1.807, 2.05) is 0 Å². The van der Waals surface area contributed by atoms with Gasteiger partial charge in [-0.1, -0.05) is 145 Å². The van der Waals surface area contributed by atoms with E-state index in [4.69, 9.17) is 8.37 Å². The Morgan fingerprint density at radius 1 is 0.245 bits per heavy atom. The highest BCUT2D eigenvalue weighted by atomic mass is 32.2. The molecule has 0 radical (unpaired) electrons. The van der Waals surface area contributed by atoms with Gasteiger partial charge in [-0.05, 0) is 179 Å². The fourth-order valence-electron chi connectivity index (χ4n) is 14.8. The Kier molecular flexibility index (Phi) is 28.5. The van der Waals surface area contributed by atoms with Crippen molar-refractivity contribution in [2.45, 2.75) is 210 Å². The maximum absolute atomic E-state index is 16.0. The quantitative estimate of drug-likeness (QED) is 0.0261. The van der Waals surface area contributed by atoms with Gasteiger partial charge in [-0.3, -0.25) is 8.37 Å². The normalized spacial score (nSPS) is 19.9. The molecule has 3 fully saturated rings. The van der Waals surface area contributed by atoms with Crippen LogP contribution in [0.3, 0.4) is 0 Å². The summed E-state index contributed by atoms with van der Waals surface area (Å²) in [5.41, 5.74) is 4.57. The third-order valence-electron chi connectivity index (χ3n) is 20.2. The van der Waals surface area contributed by atoms with Crippen molar-refractivity contribution in [3.63, 3.8) is 0 Å². The molecule has 0 bridgehead atoms. The van der Waals surface area contributed by atoms with Crippen LogP contribution in [0.5, 0.6) is 0 Å². The summed E-state index contributed by atoms with van der Waals surface area (Å²) < 4.78 is 254. The zero-order valence-electron chi connectivity index (χ0n) is 61.6. The molecule has 0 aliphatic heterocycles. The molecule has 6 aromatic rings. The lowest BCUT2D eigenvalue weighted by Gasteiger charge is -2.45. The highest BCUT2D eigenvalue weighted by molar-refractivity contribution is 7.91. The number of aryl methyl sites for hydroxylation is 6. The lowest BCUT2D eigenvalue weighted by molar-refractivity contribution is 0.120. The highest BCUT2D eigenvalue weighted by Gasteiger charge is 2.49. The van der Waals surface area contributed by atoms with Gasteiger partial charge in [0.25, 0.3) is 20.2 Å². The van der Waals surface area contributed by atoms with Gasteiger partial charge >= 0.3 is 0 Å². The zero-order chi connectivity index (χ0) is 77.2. The standard InChI is InChI=1S/C74H102N6O18S8/c1-57-25-37-63(38-26-57)101(85,86)75(49-15-51-77(103(89,90)65-41-29-59(3)30-42-65)71-21-11-13-23-73(71)79(53-17-55-97-99(7,81)82)105(93,94)67-45-33-61(5)34-46-67)69-19-9-10-20-70(69)76(102(87,88)64-39-27-58(2)28-40-64)50-16-52-78(104(91,92)66-43-31-60(4)32-44-66)72-22-12-14-24-74(72)80(54-18-56-98-100(8,83)84)106(95,96)68-47-35-62(6)36-48-68/h25-48,69-74H,9-24,49-56H2,1-8H3/t69-,70-,71-,72-,73-,74-/m1/s1.